The van der Waals surface area contributed by atoms with Gasteiger partial charge in [0.2, 0.25) is 0 Å². The smallest absolute Gasteiger partial charge is 0.191 e. The SMILES string of the molecule is CN=C(NCCc1cc(F)cc2c1OCOC2)NCc1ccc(C)cc1OCCCOC. The van der Waals surface area contributed by atoms with Crippen LogP contribution in [-0.4, -0.2) is 46.7 Å². The molecule has 0 atom stereocenters. The molecule has 1 aliphatic rings. The predicted octanol–water partition coefficient (Wildman–Crippen LogP) is 3.32. The third-order valence-corrected chi connectivity index (χ3v) is 5.08. The van der Waals surface area contributed by atoms with Crippen LogP contribution in [0.2, 0.25) is 0 Å². The van der Waals surface area contributed by atoms with E-state index in [0.29, 0.717) is 45.3 Å². The van der Waals surface area contributed by atoms with Crippen molar-refractivity contribution in [3.05, 3.63) is 58.4 Å². The molecule has 0 fully saturated rings. The number of hydrogen-bond donors (Lipinski definition) is 2. The van der Waals surface area contributed by atoms with Crippen molar-refractivity contribution in [2.24, 2.45) is 4.99 Å². The first kappa shape index (κ1) is 23.8. The number of hydrogen-bond acceptors (Lipinski definition) is 5. The van der Waals surface area contributed by atoms with Gasteiger partial charge in [0.05, 0.1) is 13.2 Å². The first-order valence-corrected chi connectivity index (χ1v) is 10.8. The molecule has 0 radical (unpaired) electrons. The first-order valence-electron chi connectivity index (χ1n) is 10.8. The lowest BCUT2D eigenvalue weighted by molar-refractivity contribution is -0.0172. The van der Waals surface area contributed by atoms with Gasteiger partial charge in [0.15, 0.2) is 12.8 Å². The highest BCUT2D eigenvalue weighted by molar-refractivity contribution is 5.79. The highest BCUT2D eigenvalue weighted by Crippen LogP contribution is 2.29. The fourth-order valence-electron chi connectivity index (χ4n) is 3.49. The van der Waals surface area contributed by atoms with E-state index in [0.717, 1.165) is 40.2 Å². The Hall–Kier alpha value is -2.84. The van der Waals surface area contributed by atoms with Gasteiger partial charge in [-0.2, -0.15) is 0 Å². The Kier molecular flexibility index (Phi) is 9.13. The number of aryl methyl sites for hydroxylation is 1. The Morgan fingerprint density at radius 2 is 2.03 bits per heavy atom. The molecule has 2 N–H and O–H groups in total. The Morgan fingerprint density at radius 1 is 1.16 bits per heavy atom. The number of methoxy groups -OCH3 is 1. The van der Waals surface area contributed by atoms with Gasteiger partial charge in [-0.25, -0.2) is 4.39 Å². The third kappa shape index (κ3) is 6.83. The maximum atomic E-state index is 13.9. The van der Waals surface area contributed by atoms with E-state index < -0.39 is 0 Å². The highest BCUT2D eigenvalue weighted by atomic mass is 19.1. The topological polar surface area (TPSA) is 73.3 Å². The lowest BCUT2D eigenvalue weighted by atomic mass is 10.1. The molecule has 2 aromatic carbocycles. The Balaban J connectivity index is 1.53. The van der Waals surface area contributed by atoms with E-state index >= 15 is 0 Å². The molecule has 0 spiro atoms. The second kappa shape index (κ2) is 12.3. The lowest BCUT2D eigenvalue weighted by Crippen LogP contribution is -2.38. The van der Waals surface area contributed by atoms with Crippen LogP contribution in [0.4, 0.5) is 4.39 Å². The van der Waals surface area contributed by atoms with Crippen molar-refractivity contribution in [3.63, 3.8) is 0 Å². The summed E-state index contributed by atoms with van der Waals surface area (Å²) in [5, 5.41) is 6.59. The fraction of sp³-hybridized carbons (Fsp3) is 0.458. The van der Waals surface area contributed by atoms with Crippen LogP contribution in [0.25, 0.3) is 0 Å². The molecule has 0 aromatic heterocycles. The van der Waals surface area contributed by atoms with Crippen molar-refractivity contribution in [2.45, 2.75) is 32.9 Å². The molecule has 0 saturated carbocycles. The van der Waals surface area contributed by atoms with Crippen LogP contribution in [0.5, 0.6) is 11.5 Å². The lowest BCUT2D eigenvalue weighted by Gasteiger charge is -2.21. The summed E-state index contributed by atoms with van der Waals surface area (Å²) in [6.45, 7) is 5.01. The van der Waals surface area contributed by atoms with Gasteiger partial charge in [0.1, 0.15) is 17.3 Å². The summed E-state index contributed by atoms with van der Waals surface area (Å²) >= 11 is 0. The molecule has 7 nitrogen and oxygen atoms in total. The number of nitrogens with one attached hydrogen (secondary N) is 2. The van der Waals surface area contributed by atoms with E-state index in [1.165, 1.54) is 12.1 Å². The van der Waals surface area contributed by atoms with Crippen LogP contribution >= 0.6 is 0 Å². The monoisotopic (exact) mass is 445 g/mol. The molecule has 0 amide bonds. The van der Waals surface area contributed by atoms with E-state index in [4.69, 9.17) is 18.9 Å². The summed E-state index contributed by atoms with van der Waals surface area (Å²) in [4.78, 5) is 4.28. The maximum Gasteiger partial charge on any atom is 0.191 e. The Bertz CT molecular complexity index is 920. The molecule has 0 bridgehead atoms. The summed E-state index contributed by atoms with van der Waals surface area (Å²) in [5.74, 6) is 1.95. The minimum Gasteiger partial charge on any atom is -0.493 e. The summed E-state index contributed by atoms with van der Waals surface area (Å²) in [7, 11) is 3.40. The van der Waals surface area contributed by atoms with Gasteiger partial charge < -0.3 is 29.6 Å². The van der Waals surface area contributed by atoms with Crippen LogP contribution in [0.3, 0.4) is 0 Å². The molecule has 0 unspecified atom stereocenters. The van der Waals surface area contributed by atoms with Crippen molar-refractivity contribution in [1.29, 1.82) is 0 Å². The summed E-state index contributed by atoms with van der Waals surface area (Å²) < 4.78 is 35.8. The molecule has 0 aliphatic carbocycles. The second-order valence-electron chi connectivity index (χ2n) is 7.57. The van der Waals surface area contributed by atoms with Gasteiger partial charge in [-0.05, 0) is 42.7 Å². The number of ether oxygens (including phenoxy) is 4. The molecule has 0 saturated heterocycles. The minimum atomic E-state index is -0.284. The molecule has 3 rings (SSSR count). The minimum absolute atomic E-state index is 0.189. The summed E-state index contributed by atoms with van der Waals surface area (Å²) in [5.41, 5.74) is 3.75. The molecule has 174 valence electrons. The van der Waals surface area contributed by atoms with Crippen molar-refractivity contribution < 1.29 is 23.3 Å². The third-order valence-electron chi connectivity index (χ3n) is 5.08. The van der Waals surface area contributed by atoms with Gasteiger partial charge in [-0.3, -0.25) is 4.99 Å². The number of aliphatic imine (C=N–C) groups is 1. The highest BCUT2D eigenvalue weighted by Gasteiger charge is 2.17. The number of nitrogens with zero attached hydrogens (tertiary/aromatic N) is 1. The van der Waals surface area contributed by atoms with E-state index in [2.05, 4.69) is 27.8 Å². The van der Waals surface area contributed by atoms with Crippen molar-refractivity contribution >= 4 is 5.96 Å². The van der Waals surface area contributed by atoms with Gasteiger partial charge in [0.25, 0.3) is 0 Å². The van der Waals surface area contributed by atoms with E-state index in [1.807, 2.05) is 13.0 Å². The predicted molar refractivity (Wildman–Crippen MR) is 122 cm³/mol. The van der Waals surface area contributed by atoms with Crippen LogP contribution in [0.15, 0.2) is 35.3 Å². The number of fused-ring (bicyclic) bond motifs is 1. The van der Waals surface area contributed by atoms with Gasteiger partial charge in [-0.1, -0.05) is 12.1 Å². The zero-order chi connectivity index (χ0) is 22.8. The average molecular weight is 446 g/mol. The van der Waals surface area contributed by atoms with E-state index in [-0.39, 0.29) is 12.6 Å². The maximum absolute atomic E-state index is 13.9. The average Bonchev–Trinajstić information content (AvgIpc) is 2.79. The quantitative estimate of drug-likeness (QED) is 0.332. The fourth-order valence-corrected chi connectivity index (χ4v) is 3.49. The largest absolute Gasteiger partial charge is 0.493 e. The first-order chi connectivity index (χ1) is 15.6. The summed E-state index contributed by atoms with van der Waals surface area (Å²) in [6.07, 6.45) is 1.43. The van der Waals surface area contributed by atoms with Crippen LogP contribution in [-0.2, 0) is 29.0 Å². The molecular weight excluding hydrogens is 413 g/mol. The molecule has 1 aliphatic heterocycles. The number of guanidine groups is 1. The van der Waals surface area contributed by atoms with Crippen molar-refractivity contribution in [1.82, 2.24) is 10.6 Å². The second-order valence-corrected chi connectivity index (χ2v) is 7.57. The zero-order valence-corrected chi connectivity index (χ0v) is 19.0. The molecule has 2 aromatic rings. The van der Waals surface area contributed by atoms with Crippen LogP contribution in [0.1, 0.15) is 28.7 Å². The Morgan fingerprint density at radius 3 is 2.84 bits per heavy atom. The normalized spacial score (nSPS) is 13.3. The van der Waals surface area contributed by atoms with Gasteiger partial charge in [-0.15, -0.1) is 0 Å². The van der Waals surface area contributed by atoms with Crippen LogP contribution in [0, 0.1) is 12.7 Å². The van der Waals surface area contributed by atoms with Gasteiger partial charge >= 0.3 is 0 Å². The molecular formula is C24H32FN3O4. The number of halogens is 1. The molecule has 1 heterocycles. The molecule has 32 heavy (non-hydrogen) atoms. The van der Waals surface area contributed by atoms with E-state index in [1.54, 1.807) is 14.2 Å². The van der Waals surface area contributed by atoms with Crippen molar-refractivity contribution in [3.8, 4) is 11.5 Å². The number of rotatable bonds is 10. The zero-order valence-electron chi connectivity index (χ0n) is 19.0. The van der Waals surface area contributed by atoms with Gasteiger partial charge in [0, 0.05) is 51.4 Å². The van der Waals surface area contributed by atoms with Crippen LogP contribution < -0.4 is 20.1 Å². The molecule has 8 heteroatoms. The summed E-state index contributed by atoms with van der Waals surface area (Å²) in [6, 6.07) is 9.13. The van der Waals surface area contributed by atoms with E-state index in [9.17, 15) is 4.39 Å². The number of benzene rings is 2. The Labute approximate surface area is 188 Å². The van der Waals surface area contributed by atoms with Crippen molar-refractivity contribution in [2.75, 3.05) is 40.7 Å². The standard InChI is InChI=1S/C24H32FN3O4/c1-17-5-6-19(22(11-17)31-10-4-9-29-3)14-28-24(26-2)27-8-7-18-12-21(25)13-20-15-30-16-32-23(18)20/h5-6,11-13H,4,7-10,14-16H2,1-3H3,(H2,26,27,28).